The molecule has 2 unspecified atom stereocenters. The maximum atomic E-state index is 12.7. The van der Waals surface area contributed by atoms with Crippen LogP contribution in [-0.4, -0.2) is 63.2 Å². The van der Waals surface area contributed by atoms with Gasteiger partial charge < -0.3 is 20.1 Å². The molecule has 1 rings (SSSR count). The van der Waals surface area contributed by atoms with Gasteiger partial charge in [-0.2, -0.15) is 17.6 Å². The topological polar surface area (TPSA) is 76.7 Å². The third-order valence-corrected chi connectivity index (χ3v) is 3.99. The highest BCUT2D eigenvalue weighted by Gasteiger charge is 2.43. The Morgan fingerprint density at radius 2 is 1.37 bits per heavy atom. The Bertz CT molecular complexity index is 604. The number of halogens is 8. The number of rotatable bonds is 10. The molecular weight excluding hydrogens is 436 g/mol. The lowest BCUT2D eigenvalue weighted by Gasteiger charge is -2.25. The largest absolute Gasteiger partial charge is 0.443 e. The Morgan fingerprint density at radius 1 is 0.900 bits per heavy atom. The number of allylic oxidation sites excluding steroid dienone is 1. The van der Waals surface area contributed by atoms with Crippen molar-refractivity contribution in [3.8, 4) is 0 Å². The summed E-state index contributed by atoms with van der Waals surface area (Å²) in [5.41, 5.74) is 0. The van der Waals surface area contributed by atoms with Crippen LogP contribution in [0, 0.1) is 11.8 Å². The van der Waals surface area contributed by atoms with Gasteiger partial charge in [0.15, 0.2) is 13.2 Å². The number of alkyl carbamates (subject to hydrolysis) is 2. The Morgan fingerprint density at radius 3 is 1.83 bits per heavy atom. The molecule has 0 saturated carbocycles. The standard InChI is InChI=1S/C16H20F8N2O4/c17-11(18)15(21,22)7-29-13(27)25-5-9-2-1-3-10(4-9)6-26-14(28)30-8-16(23,24)12(19)20/h1-2,9-12H,3-8H2,(H,25,27)(H,26,28). The molecule has 0 bridgehead atoms. The Kier molecular flexibility index (Phi) is 9.62. The molecule has 0 spiro atoms. The first-order valence-corrected chi connectivity index (χ1v) is 8.63. The molecule has 0 aliphatic heterocycles. The van der Waals surface area contributed by atoms with Crippen molar-refractivity contribution in [3.63, 3.8) is 0 Å². The van der Waals surface area contributed by atoms with E-state index >= 15 is 0 Å². The van der Waals surface area contributed by atoms with E-state index in [-0.39, 0.29) is 24.9 Å². The van der Waals surface area contributed by atoms with Crippen molar-refractivity contribution >= 4 is 12.2 Å². The van der Waals surface area contributed by atoms with Gasteiger partial charge in [0.25, 0.3) is 0 Å². The lowest BCUT2D eigenvalue weighted by molar-refractivity contribution is -0.154. The third-order valence-electron chi connectivity index (χ3n) is 3.99. The van der Waals surface area contributed by atoms with Gasteiger partial charge in [0, 0.05) is 13.1 Å². The first-order chi connectivity index (χ1) is 13.8. The maximum Gasteiger partial charge on any atom is 0.407 e. The number of amides is 2. The van der Waals surface area contributed by atoms with Crippen molar-refractivity contribution < 1.29 is 54.2 Å². The first kappa shape index (κ1) is 25.8. The molecule has 0 aromatic carbocycles. The molecule has 14 heteroatoms. The fourth-order valence-corrected chi connectivity index (χ4v) is 2.38. The molecule has 0 aromatic rings. The molecule has 2 atom stereocenters. The first-order valence-electron chi connectivity index (χ1n) is 8.63. The number of alkyl halides is 8. The average molecular weight is 456 g/mol. The van der Waals surface area contributed by atoms with Crippen LogP contribution in [0.25, 0.3) is 0 Å². The summed E-state index contributed by atoms with van der Waals surface area (Å²) in [4.78, 5) is 22.7. The van der Waals surface area contributed by atoms with Crippen LogP contribution in [0.2, 0.25) is 0 Å². The Labute approximate surface area is 165 Å². The number of nitrogens with one attached hydrogen (secondary N) is 2. The summed E-state index contributed by atoms with van der Waals surface area (Å²) in [7, 11) is 0. The SMILES string of the molecule is O=C(NCC1C=CCC(CNC(=O)OCC(F)(F)C(F)F)C1)OCC(F)(F)C(F)F. The minimum Gasteiger partial charge on any atom is -0.443 e. The van der Waals surface area contributed by atoms with Gasteiger partial charge in [-0.25, -0.2) is 27.2 Å². The predicted octanol–water partition coefficient (Wildman–Crippen LogP) is 3.82. The molecule has 2 amide bonds. The summed E-state index contributed by atoms with van der Waals surface area (Å²) in [6.07, 6.45) is -6.35. The van der Waals surface area contributed by atoms with E-state index in [0.717, 1.165) is 0 Å². The van der Waals surface area contributed by atoms with Crippen LogP contribution in [0.5, 0.6) is 0 Å². The molecule has 174 valence electrons. The van der Waals surface area contributed by atoms with Crippen LogP contribution in [0.15, 0.2) is 12.2 Å². The molecule has 0 heterocycles. The van der Waals surface area contributed by atoms with E-state index in [1.54, 1.807) is 12.2 Å². The lowest BCUT2D eigenvalue weighted by atomic mass is 9.86. The summed E-state index contributed by atoms with van der Waals surface area (Å²) in [5, 5.41) is 4.30. The molecule has 0 saturated heterocycles. The number of ether oxygens (including phenoxy) is 2. The second-order valence-corrected chi connectivity index (χ2v) is 6.56. The maximum absolute atomic E-state index is 12.7. The molecular formula is C16H20F8N2O4. The van der Waals surface area contributed by atoms with Crippen molar-refractivity contribution in [2.75, 3.05) is 26.3 Å². The van der Waals surface area contributed by atoms with Crippen LogP contribution in [0.3, 0.4) is 0 Å². The molecule has 6 nitrogen and oxygen atoms in total. The second-order valence-electron chi connectivity index (χ2n) is 6.56. The molecule has 0 aromatic heterocycles. The minimum absolute atomic E-state index is 0.0367. The number of carbonyl (C=O) groups excluding carboxylic acids is 2. The van der Waals surface area contributed by atoms with Gasteiger partial charge in [0.05, 0.1) is 0 Å². The van der Waals surface area contributed by atoms with Crippen molar-refractivity contribution in [3.05, 3.63) is 12.2 Å². The summed E-state index contributed by atoms with van der Waals surface area (Å²) < 4.78 is 107. The molecule has 0 radical (unpaired) electrons. The molecule has 1 aliphatic rings. The van der Waals surface area contributed by atoms with Crippen molar-refractivity contribution in [2.45, 2.75) is 37.5 Å². The van der Waals surface area contributed by atoms with Crippen molar-refractivity contribution in [1.82, 2.24) is 10.6 Å². The predicted molar refractivity (Wildman–Crippen MR) is 86.0 cm³/mol. The normalized spacial score (nSPS) is 19.7. The van der Waals surface area contributed by atoms with Gasteiger partial charge in [-0.1, -0.05) is 12.2 Å². The van der Waals surface area contributed by atoms with E-state index in [1.807, 2.05) is 0 Å². The second kappa shape index (κ2) is 11.2. The van der Waals surface area contributed by atoms with Crippen LogP contribution in [-0.2, 0) is 9.47 Å². The van der Waals surface area contributed by atoms with E-state index in [4.69, 9.17) is 0 Å². The number of carbonyl (C=O) groups is 2. The Balaban J connectivity index is 2.30. The zero-order valence-electron chi connectivity index (χ0n) is 15.4. The highest BCUT2D eigenvalue weighted by molar-refractivity contribution is 5.67. The molecule has 1 aliphatic carbocycles. The highest BCUT2D eigenvalue weighted by atomic mass is 19.3. The van der Waals surface area contributed by atoms with E-state index in [1.165, 1.54) is 0 Å². The molecule has 2 N–H and O–H groups in total. The van der Waals surface area contributed by atoms with Gasteiger partial charge >= 0.3 is 36.9 Å². The van der Waals surface area contributed by atoms with Gasteiger partial charge in [-0.15, -0.1) is 0 Å². The Hall–Kier alpha value is -2.28. The van der Waals surface area contributed by atoms with Crippen LogP contribution < -0.4 is 10.6 Å². The summed E-state index contributed by atoms with van der Waals surface area (Å²) in [6, 6.07) is 0. The fraction of sp³-hybridized carbons (Fsp3) is 0.750. The monoisotopic (exact) mass is 456 g/mol. The van der Waals surface area contributed by atoms with Gasteiger partial charge in [-0.05, 0) is 24.7 Å². The van der Waals surface area contributed by atoms with Crippen LogP contribution in [0.4, 0.5) is 44.7 Å². The van der Waals surface area contributed by atoms with Crippen LogP contribution >= 0.6 is 0 Å². The molecule has 0 fully saturated rings. The third kappa shape index (κ3) is 9.03. The van der Waals surface area contributed by atoms with Gasteiger partial charge in [0.1, 0.15) is 0 Å². The zero-order valence-corrected chi connectivity index (χ0v) is 15.4. The quantitative estimate of drug-likeness (QED) is 0.387. The molecule has 30 heavy (non-hydrogen) atoms. The lowest BCUT2D eigenvalue weighted by Crippen LogP contribution is -2.39. The summed E-state index contributed by atoms with van der Waals surface area (Å²) in [6.45, 7) is -3.67. The minimum atomic E-state index is -4.47. The summed E-state index contributed by atoms with van der Waals surface area (Å²) >= 11 is 0. The smallest absolute Gasteiger partial charge is 0.407 e. The zero-order chi connectivity index (χ0) is 22.9. The van der Waals surface area contributed by atoms with E-state index in [9.17, 15) is 44.7 Å². The van der Waals surface area contributed by atoms with E-state index in [2.05, 4.69) is 20.1 Å². The van der Waals surface area contributed by atoms with Crippen LogP contribution in [0.1, 0.15) is 12.8 Å². The summed E-state index contributed by atoms with van der Waals surface area (Å²) in [5.74, 6) is -9.46. The number of hydrogen-bond donors (Lipinski definition) is 2. The van der Waals surface area contributed by atoms with E-state index < -0.39 is 50.1 Å². The van der Waals surface area contributed by atoms with E-state index in [0.29, 0.717) is 12.8 Å². The van der Waals surface area contributed by atoms with Gasteiger partial charge in [0.2, 0.25) is 0 Å². The van der Waals surface area contributed by atoms with Gasteiger partial charge in [-0.3, -0.25) is 0 Å². The van der Waals surface area contributed by atoms with Crippen molar-refractivity contribution in [1.29, 1.82) is 0 Å². The average Bonchev–Trinajstić information content (AvgIpc) is 2.67. The highest BCUT2D eigenvalue weighted by Crippen LogP contribution is 2.25. The number of hydrogen-bond acceptors (Lipinski definition) is 4. The van der Waals surface area contributed by atoms with Crippen molar-refractivity contribution in [2.24, 2.45) is 11.8 Å². The fourth-order valence-electron chi connectivity index (χ4n) is 2.38.